The molecule has 1 aliphatic carbocycles. The fraction of sp³-hybridized carbons (Fsp3) is 0.786. The van der Waals surface area contributed by atoms with E-state index < -0.39 is 0 Å². The molecule has 0 aliphatic heterocycles. The van der Waals surface area contributed by atoms with Crippen LogP contribution in [0, 0.1) is 0 Å². The van der Waals surface area contributed by atoms with E-state index in [2.05, 4.69) is 15.5 Å². The lowest BCUT2D eigenvalue weighted by Gasteiger charge is -2.19. The third kappa shape index (κ3) is 4.23. The van der Waals surface area contributed by atoms with E-state index in [0.717, 1.165) is 24.5 Å². The molecule has 1 fully saturated rings. The molecule has 0 radical (unpaired) electrons. The van der Waals surface area contributed by atoms with Crippen molar-refractivity contribution in [1.29, 1.82) is 0 Å². The van der Waals surface area contributed by atoms with Gasteiger partial charge in [0.05, 0.1) is 5.25 Å². The van der Waals surface area contributed by atoms with Crippen molar-refractivity contribution in [2.24, 2.45) is 0 Å². The number of carbonyl (C=O) groups excluding carboxylic acids is 1. The number of hydrogen-bond acceptors (Lipinski definition) is 4. The van der Waals surface area contributed by atoms with Gasteiger partial charge >= 0.3 is 0 Å². The second-order valence-corrected chi connectivity index (χ2v) is 6.66. The Morgan fingerprint density at radius 2 is 2.15 bits per heavy atom. The molecule has 0 saturated heterocycles. The van der Waals surface area contributed by atoms with Crippen LogP contribution in [-0.2, 0) is 11.3 Å². The molecular weight excluding hydrogens is 272 g/mol. The Hall–Kier alpha value is -1.04. The molecular formula is C14H24N4OS. The second-order valence-electron chi connectivity index (χ2n) is 5.36. The smallest absolute Gasteiger partial charge is 0.233 e. The molecule has 0 unspecified atom stereocenters. The van der Waals surface area contributed by atoms with E-state index in [4.69, 9.17) is 0 Å². The summed E-state index contributed by atoms with van der Waals surface area (Å²) < 4.78 is 1.96. The van der Waals surface area contributed by atoms with Gasteiger partial charge in [0, 0.05) is 12.6 Å². The van der Waals surface area contributed by atoms with Crippen molar-refractivity contribution in [3.8, 4) is 0 Å². The SMILES string of the molecule is CCn1cnnc1S[C@@H](C)C(=O)NC1CCCCCC1. The molecule has 1 amide bonds. The summed E-state index contributed by atoms with van der Waals surface area (Å²) in [5, 5.41) is 11.8. The van der Waals surface area contributed by atoms with Crippen LogP contribution >= 0.6 is 11.8 Å². The van der Waals surface area contributed by atoms with Crippen LogP contribution in [0.5, 0.6) is 0 Å². The lowest BCUT2D eigenvalue weighted by atomic mass is 10.1. The Labute approximate surface area is 124 Å². The monoisotopic (exact) mass is 296 g/mol. The van der Waals surface area contributed by atoms with Crippen molar-refractivity contribution < 1.29 is 4.79 Å². The van der Waals surface area contributed by atoms with Crippen molar-refractivity contribution in [3.63, 3.8) is 0 Å². The zero-order chi connectivity index (χ0) is 14.4. The Morgan fingerprint density at radius 3 is 2.80 bits per heavy atom. The zero-order valence-electron chi connectivity index (χ0n) is 12.3. The Bertz CT molecular complexity index is 427. The molecule has 2 rings (SSSR count). The van der Waals surface area contributed by atoms with E-state index in [1.807, 2.05) is 18.4 Å². The number of hydrogen-bond donors (Lipinski definition) is 1. The van der Waals surface area contributed by atoms with Gasteiger partial charge in [-0.25, -0.2) is 0 Å². The zero-order valence-corrected chi connectivity index (χ0v) is 13.2. The summed E-state index contributed by atoms with van der Waals surface area (Å²) in [5.74, 6) is 0.118. The largest absolute Gasteiger partial charge is 0.352 e. The third-order valence-electron chi connectivity index (χ3n) is 3.77. The first kappa shape index (κ1) is 15.4. The van der Waals surface area contributed by atoms with E-state index in [9.17, 15) is 4.79 Å². The predicted octanol–water partition coefficient (Wildman–Crippen LogP) is 2.62. The van der Waals surface area contributed by atoms with Gasteiger partial charge in [-0.1, -0.05) is 37.4 Å². The maximum atomic E-state index is 12.3. The maximum Gasteiger partial charge on any atom is 0.233 e. The fourth-order valence-corrected chi connectivity index (χ4v) is 3.40. The predicted molar refractivity (Wildman–Crippen MR) is 80.6 cm³/mol. The molecule has 112 valence electrons. The first-order chi connectivity index (χ1) is 9.70. The van der Waals surface area contributed by atoms with Crippen molar-refractivity contribution in [1.82, 2.24) is 20.1 Å². The van der Waals surface area contributed by atoms with Crippen molar-refractivity contribution >= 4 is 17.7 Å². The van der Waals surface area contributed by atoms with Crippen molar-refractivity contribution in [2.75, 3.05) is 0 Å². The summed E-state index contributed by atoms with van der Waals surface area (Å²) in [6.45, 7) is 4.81. The normalized spacial score (nSPS) is 18.5. The number of amides is 1. The van der Waals surface area contributed by atoms with Gasteiger partial charge in [-0.2, -0.15) is 0 Å². The van der Waals surface area contributed by atoms with Crippen LogP contribution < -0.4 is 5.32 Å². The van der Waals surface area contributed by atoms with E-state index >= 15 is 0 Å². The van der Waals surface area contributed by atoms with E-state index in [0.29, 0.717) is 6.04 Å². The molecule has 1 N–H and O–H groups in total. The van der Waals surface area contributed by atoms with Crippen LogP contribution in [0.1, 0.15) is 52.4 Å². The standard InChI is InChI=1S/C14H24N4OS/c1-3-18-10-15-17-14(18)20-11(2)13(19)16-12-8-6-4-5-7-9-12/h10-12H,3-9H2,1-2H3,(H,16,19)/t11-/m0/s1. The molecule has 0 aromatic carbocycles. The van der Waals surface area contributed by atoms with Gasteiger partial charge in [-0.3, -0.25) is 4.79 Å². The Kier molecular flexibility index (Phi) is 5.88. The van der Waals surface area contributed by atoms with Gasteiger partial charge in [-0.15, -0.1) is 10.2 Å². The molecule has 1 heterocycles. The minimum absolute atomic E-state index is 0.118. The molecule has 1 saturated carbocycles. The number of nitrogens with one attached hydrogen (secondary N) is 1. The van der Waals surface area contributed by atoms with E-state index in [-0.39, 0.29) is 11.2 Å². The highest BCUT2D eigenvalue weighted by molar-refractivity contribution is 8.00. The minimum atomic E-state index is -0.132. The van der Waals surface area contributed by atoms with Crippen LogP contribution in [-0.4, -0.2) is 32.0 Å². The third-order valence-corrected chi connectivity index (χ3v) is 4.87. The van der Waals surface area contributed by atoms with Crippen LogP contribution in [0.2, 0.25) is 0 Å². The highest BCUT2D eigenvalue weighted by Crippen LogP contribution is 2.22. The Balaban J connectivity index is 1.85. The van der Waals surface area contributed by atoms with Crippen LogP contribution in [0.25, 0.3) is 0 Å². The van der Waals surface area contributed by atoms with Crippen LogP contribution in [0.15, 0.2) is 11.5 Å². The molecule has 6 heteroatoms. The van der Waals surface area contributed by atoms with Gasteiger partial charge in [-0.05, 0) is 26.7 Å². The summed E-state index contributed by atoms with van der Waals surface area (Å²) in [6.07, 6.45) is 9.01. The highest BCUT2D eigenvalue weighted by atomic mass is 32.2. The van der Waals surface area contributed by atoms with E-state index in [1.54, 1.807) is 6.33 Å². The van der Waals surface area contributed by atoms with Crippen LogP contribution in [0.4, 0.5) is 0 Å². The number of thioether (sulfide) groups is 1. The van der Waals surface area contributed by atoms with Gasteiger partial charge in [0.1, 0.15) is 6.33 Å². The number of rotatable bonds is 5. The summed E-state index contributed by atoms with van der Waals surface area (Å²) in [6, 6.07) is 0.358. The molecule has 1 aromatic rings. The van der Waals surface area contributed by atoms with Crippen molar-refractivity contribution in [3.05, 3.63) is 6.33 Å². The first-order valence-electron chi connectivity index (χ1n) is 7.55. The summed E-state index contributed by atoms with van der Waals surface area (Å²) in [4.78, 5) is 12.3. The molecule has 1 aromatic heterocycles. The van der Waals surface area contributed by atoms with Crippen molar-refractivity contribution in [2.45, 2.75) is 75.4 Å². The molecule has 5 nitrogen and oxygen atoms in total. The number of carbonyl (C=O) groups is 1. The topological polar surface area (TPSA) is 59.8 Å². The van der Waals surface area contributed by atoms with Gasteiger partial charge in [0.25, 0.3) is 0 Å². The number of aryl methyl sites for hydroxylation is 1. The lowest BCUT2D eigenvalue weighted by molar-refractivity contribution is -0.121. The molecule has 1 aliphatic rings. The fourth-order valence-electron chi connectivity index (χ4n) is 2.51. The lowest BCUT2D eigenvalue weighted by Crippen LogP contribution is -2.39. The number of aromatic nitrogens is 3. The summed E-state index contributed by atoms with van der Waals surface area (Å²) >= 11 is 1.48. The Morgan fingerprint density at radius 1 is 1.45 bits per heavy atom. The molecule has 1 atom stereocenters. The van der Waals surface area contributed by atoms with Gasteiger partial charge in [0.15, 0.2) is 5.16 Å². The maximum absolute atomic E-state index is 12.3. The van der Waals surface area contributed by atoms with E-state index in [1.165, 1.54) is 37.4 Å². The highest BCUT2D eigenvalue weighted by Gasteiger charge is 2.21. The molecule has 20 heavy (non-hydrogen) atoms. The quantitative estimate of drug-likeness (QED) is 0.670. The summed E-state index contributed by atoms with van der Waals surface area (Å²) in [7, 11) is 0. The second kappa shape index (κ2) is 7.67. The summed E-state index contributed by atoms with van der Waals surface area (Å²) in [5.41, 5.74) is 0. The first-order valence-corrected chi connectivity index (χ1v) is 8.43. The average Bonchev–Trinajstić information content (AvgIpc) is 2.73. The minimum Gasteiger partial charge on any atom is -0.352 e. The number of nitrogens with zero attached hydrogens (tertiary/aromatic N) is 3. The average molecular weight is 296 g/mol. The molecule has 0 spiro atoms. The van der Waals surface area contributed by atoms with Crippen LogP contribution in [0.3, 0.4) is 0 Å². The van der Waals surface area contributed by atoms with Gasteiger partial charge in [0.2, 0.25) is 5.91 Å². The molecule has 0 bridgehead atoms. The van der Waals surface area contributed by atoms with Gasteiger partial charge < -0.3 is 9.88 Å².